The van der Waals surface area contributed by atoms with Crippen LogP contribution < -0.4 is 15.8 Å². The Balaban J connectivity index is 3.52. The Bertz CT molecular complexity index is 355. The van der Waals surface area contributed by atoms with Crippen LogP contribution in [0.5, 0.6) is 0 Å². The number of rotatable bonds is 12. The smallest absolute Gasteiger partial charge is 0.211 e. The molecular weight excluding hydrogens is 276 g/mol. The van der Waals surface area contributed by atoms with E-state index in [4.69, 9.17) is 5.73 Å². The fourth-order valence-corrected chi connectivity index (χ4v) is 2.26. The molecule has 0 rings (SSSR count). The average molecular weight is 306 g/mol. The summed E-state index contributed by atoms with van der Waals surface area (Å²) in [4.78, 5) is 4.20. The maximum absolute atomic E-state index is 11.2. The fourth-order valence-electron chi connectivity index (χ4n) is 1.65. The van der Waals surface area contributed by atoms with Crippen LogP contribution in [0.2, 0.25) is 0 Å². The number of hydrogen-bond acceptors (Lipinski definition) is 3. The summed E-state index contributed by atoms with van der Waals surface area (Å²) in [6, 6.07) is 0. The topological polar surface area (TPSA) is 96.6 Å². The van der Waals surface area contributed by atoms with Crippen LogP contribution in [-0.4, -0.2) is 39.8 Å². The summed E-state index contributed by atoms with van der Waals surface area (Å²) in [5.74, 6) is 0.475. The van der Waals surface area contributed by atoms with Crippen molar-refractivity contribution in [1.82, 2.24) is 10.0 Å². The predicted octanol–water partition coefficient (Wildman–Crippen LogP) is 1.19. The first-order chi connectivity index (χ1) is 9.52. The molecule has 0 fully saturated rings. The highest BCUT2D eigenvalue weighted by molar-refractivity contribution is 7.89. The number of sulfonamides is 1. The Morgan fingerprint density at radius 1 is 1.05 bits per heavy atom. The summed E-state index contributed by atoms with van der Waals surface area (Å²) in [5, 5.41) is 2.89. The van der Waals surface area contributed by atoms with Crippen molar-refractivity contribution < 1.29 is 8.42 Å². The van der Waals surface area contributed by atoms with Gasteiger partial charge in [-0.3, -0.25) is 4.99 Å². The molecule has 0 aliphatic heterocycles. The van der Waals surface area contributed by atoms with Gasteiger partial charge in [-0.25, -0.2) is 13.1 Å². The van der Waals surface area contributed by atoms with Gasteiger partial charge in [0, 0.05) is 19.6 Å². The van der Waals surface area contributed by atoms with E-state index in [2.05, 4.69) is 22.0 Å². The Kier molecular flexibility index (Phi) is 11.5. The van der Waals surface area contributed by atoms with Crippen molar-refractivity contribution in [3.63, 3.8) is 0 Å². The third-order valence-corrected chi connectivity index (χ3v) is 4.33. The van der Waals surface area contributed by atoms with Crippen LogP contribution in [-0.2, 0) is 10.0 Å². The second kappa shape index (κ2) is 12.0. The summed E-state index contributed by atoms with van der Waals surface area (Å²) in [6.45, 7) is 5.31. The minimum atomic E-state index is -3.12. The zero-order valence-corrected chi connectivity index (χ0v) is 13.6. The lowest BCUT2D eigenvalue weighted by molar-refractivity contribution is 0.582. The lowest BCUT2D eigenvalue weighted by Crippen LogP contribution is -2.38. The van der Waals surface area contributed by atoms with E-state index >= 15 is 0 Å². The highest BCUT2D eigenvalue weighted by Crippen LogP contribution is 2.04. The largest absolute Gasteiger partial charge is 0.370 e. The Morgan fingerprint density at radius 3 is 2.35 bits per heavy atom. The minimum Gasteiger partial charge on any atom is -0.370 e. The molecule has 0 aromatic heterocycles. The van der Waals surface area contributed by atoms with Crippen LogP contribution in [0.15, 0.2) is 4.99 Å². The molecule has 6 nitrogen and oxygen atoms in total. The molecule has 0 aromatic carbocycles. The molecule has 0 aliphatic carbocycles. The molecule has 0 radical (unpaired) electrons. The van der Waals surface area contributed by atoms with Crippen molar-refractivity contribution in [2.75, 3.05) is 25.4 Å². The lowest BCUT2D eigenvalue weighted by Gasteiger charge is -2.07. The third kappa shape index (κ3) is 12.2. The van der Waals surface area contributed by atoms with Crippen molar-refractivity contribution in [2.24, 2.45) is 10.7 Å². The van der Waals surface area contributed by atoms with Gasteiger partial charge >= 0.3 is 0 Å². The number of unbranched alkanes of at least 4 members (excludes halogenated alkanes) is 5. The zero-order valence-electron chi connectivity index (χ0n) is 12.8. The first kappa shape index (κ1) is 19.2. The summed E-state index contributed by atoms with van der Waals surface area (Å²) < 4.78 is 24.8. The van der Waals surface area contributed by atoms with E-state index < -0.39 is 10.0 Å². The monoisotopic (exact) mass is 306 g/mol. The van der Waals surface area contributed by atoms with E-state index in [0.29, 0.717) is 19.0 Å². The third-order valence-electron chi connectivity index (χ3n) is 2.93. The number of nitrogens with one attached hydrogen (secondary N) is 2. The van der Waals surface area contributed by atoms with Gasteiger partial charge in [0.25, 0.3) is 0 Å². The van der Waals surface area contributed by atoms with Crippen LogP contribution in [0.4, 0.5) is 0 Å². The quantitative estimate of drug-likeness (QED) is 0.287. The van der Waals surface area contributed by atoms with Gasteiger partial charge in [-0.05, 0) is 13.3 Å². The Morgan fingerprint density at radius 2 is 1.70 bits per heavy atom. The molecular formula is C13H30N4O2S. The molecule has 0 bridgehead atoms. The average Bonchev–Trinajstić information content (AvgIpc) is 2.43. The maximum atomic E-state index is 11.2. The summed E-state index contributed by atoms with van der Waals surface area (Å²) in [6.07, 6.45) is 7.36. The van der Waals surface area contributed by atoms with Gasteiger partial charge in [0.15, 0.2) is 5.96 Å². The first-order valence-electron chi connectivity index (χ1n) is 7.53. The van der Waals surface area contributed by atoms with Gasteiger partial charge in [-0.1, -0.05) is 39.0 Å². The van der Waals surface area contributed by atoms with Crippen LogP contribution >= 0.6 is 0 Å². The van der Waals surface area contributed by atoms with Crippen molar-refractivity contribution >= 4 is 16.0 Å². The van der Waals surface area contributed by atoms with Crippen LogP contribution in [0.3, 0.4) is 0 Å². The fraction of sp³-hybridized carbons (Fsp3) is 0.923. The van der Waals surface area contributed by atoms with Gasteiger partial charge < -0.3 is 11.1 Å². The second-order valence-electron chi connectivity index (χ2n) is 4.76. The van der Waals surface area contributed by atoms with Crippen molar-refractivity contribution in [3.8, 4) is 0 Å². The maximum Gasteiger partial charge on any atom is 0.211 e. The molecule has 0 atom stereocenters. The normalized spacial score (nSPS) is 12.6. The van der Waals surface area contributed by atoms with E-state index in [-0.39, 0.29) is 5.75 Å². The highest BCUT2D eigenvalue weighted by Gasteiger charge is 2.04. The molecule has 4 N–H and O–H groups in total. The minimum absolute atomic E-state index is 0.0919. The molecule has 0 unspecified atom stereocenters. The van der Waals surface area contributed by atoms with Crippen LogP contribution in [0.1, 0.15) is 52.4 Å². The lowest BCUT2D eigenvalue weighted by atomic mass is 10.1. The van der Waals surface area contributed by atoms with E-state index in [1.165, 1.54) is 32.1 Å². The molecule has 0 heterocycles. The summed E-state index contributed by atoms with van der Waals surface area (Å²) in [7, 11) is -3.12. The summed E-state index contributed by atoms with van der Waals surface area (Å²) in [5.41, 5.74) is 5.68. The standard InChI is InChI=1S/C13H30N4O2S/c1-3-5-6-7-8-9-10-15-13(14)16-11-12-17-20(18,19)4-2/h17H,3-12H2,1-2H3,(H3,14,15,16). The van der Waals surface area contributed by atoms with E-state index in [1.807, 2.05) is 0 Å². The predicted molar refractivity (Wildman–Crippen MR) is 85.3 cm³/mol. The van der Waals surface area contributed by atoms with Crippen molar-refractivity contribution in [3.05, 3.63) is 0 Å². The van der Waals surface area contributed by atoms with Gasteiger partial charge in [0.05, 0.1) is 5.75 Å². The number of aliphatic imine (C=N–C) groups is 1. The molecule has 0 amide bonds. The SMILES string of the molecule is CCCCCCCCN=C(N)NCCNS(=O)(=O)CC. The number of nitrogens with two attached hydrogens (primary N) is 1. The molecule has 120 valence electrons. The van der Waals surface area contributed by atoms with Gasteiger partial charge in [0.1, 0.15) is 0 Å². The van der Waals surface area contributed by atoms with E-state index in [9.17, 15) is 8.42 Å². The van der Waals surface area contributed by atoms with Gasteiger partial charge in [-0.15, -0.1) is 0 Å². The number of hydrogen-bond donors (Lipinski definition) is 3. The van der Waals surface area contributed by atoms with Crippen LogP contribution in [0.25, 0.3) is 0 Å². The Hall–Kier alpha value is -0.820. The first-order valence-corrected chi connectivity index (χ1v) is 9.18. The van der Waals surface area contributed by atoms with Crippen molar-refractivity contribution in [1.29, 1.82) is 0 Å². The molecule has 0 saturated carbocycles. The molecule has 0 spiro atoms. The molecule has 0 saturated heterocycles. The second-order valence-corrected chi connectivity index (χ2v) is 6.85. The van der Waals surface area contributed by atoms with E-state index in [1.54, 1.807) is 6.92 Å². The van der Waals surface area contributed by atoms with Crippen LogP contribution in [0, 0.1) is 0 Å². The Labute approximate surface area is 123 Å². The molecule has 0 aromatic rings. The molecule has 0 aliphatic rings. The highest BCUT2D eigenvalue weighted by atomic mass is 32.2. The number of nitrogens with zero attached hydrogens (tertiary/aromatic N) is 1. The van der Waals surface area contributed by atoms with Crippen molar-refractivity contribution in [2.45, 2.75) is 52.4 Å². The van der Waals surface area contributed by atoms with Gasteiger partial charge in [-0.2, -0.15) is 0 Å². The van der Waals surface area contributed by atoms with E-state index in [0.717, 1.165) is 13.0 Å². The molecule has 20 heavy (non-hydrogen) atoms. The molecule has 7 heteroatoms. The van der Waals surface area contributed by atoms with Gasteiger partial charge in [0.2, 0.25) is 10.0 Å². The zero-order chi connectivity index (χ0) is 15.3. The summed E-state index contributed by atoms with van der Waals surface area (Å²) >= 11 is 0. The number of guanidine groups is 1.